The van der Waals surface area contributed by atoms with E-state index in [9.17, 15) is 14.3 Å². The van der Waals surface area contributed by atoms with Gasteiger partial charge in [0.2, 0.25) is 0 Å². The molecule has 0 aliphatic heterocycles. The molecule has 3 heterocycles. The molecule has 34 heavy (non-hydrogen) atoms. The Bertz CT molecular complexity index is 1400. The number of benzene rings is 1. The van der Waals surface area contributed by atoms with Crippen molar-refractivity contribution in [3.63, 3.8) is 0 Å². The van der Waals surface area contributed by atoms with E-state index in [1.54, 1.807) is 18.3 Å². The van der Waals surface area contributed by atoms with Crippen molar-refractivity contribution in [3.8, 4) is 11.4 Å². The highest BCUT2D eigenvalue weighted by Gasteiger charge is 2.40. The fourth-order valence-electron chi connectivity index (χ4n) is 5.40. The first-order chi connectivity index (χ1) is 16.2. The molecule has 0 amide bonds. The van der Waals surface area contributed by atoms with Gasteiger partial charge in [0, 0.05) is 28.4 Å². The molecule has 8 heteroatoms. The van der Waals surface area contributed by atoms with E-state index in [2.05, 4.69) is 34.7 Å². The molecular weight excluding hydrogens is 435 g/mol. The summed E-state index contributed by atoms with van der Waals surface area (Å²) in [6.45, 7) is 6.13. The quantitative estimate of drug-likeness (QED) is 0.382. The summed E-state index contributed by atoms with van der Waals surface area (Å²) in [4.78, 5) is 16.8. The molecule has 4 aromatic rings. The van der Waals surface area contributed by atoms with Crippen LogP contribution in [0.4, 0.5) is 4.39 Å². The summed E-state index contributed by atoms with van der Waals surface area (Å²) in [5.74, 6) is -0.617. The fraction of sp³-hybridized carbons (Fsp3) is 0.423. The molecule has 7 nitrogen and oxygen atoms in total. The number of fused-ring (bicyclic) bond motifs is 2. The maximum atomic E-state index is 14.3. The Kier molecular flexibility index (Phi) is 5.34. The van der Waals surface area contributed by atoms with Crippen molar-refractivity contribution in [2.24, 2.45) is 5.41 Å². The molecule has 3 aromatic heterocycles. The zero-order valence-corrected chi connectivity index (χ0v) is 19.9. The predicted octanol–water partition coefficient (Wildman–Crippen LogP) is 5.92. The van der Waals surface area contributed by atoms with E-state index in [-0.39, 0.29) is 17.6 Å². The van der Waals surface area contributed by atoms with Crippen LogP contribution in [-0.2, 0) is 4.79 Å². The SMILES string of the molecule is COc1cc(-n2c(C(C)C)c([C@H]3CC[C@](C)(C(=O)O)CC3)c3nc4[nH]ncc4cc32)ccc1F. The topological polar surface area (TPSA) is 93.0 Å². The molecule has 0 saturated heterocycles. The smallest absolute Gasteiger partial charge is 0.309 e. The number of carbonyl (C=O) groups is 1. The Hall–Kier alpha value is -3.42. The number of aliphatic carboxylic acids is 1. The summed E-state index contributed by atoms with van der Waals surface area (Å²) in [6.07, 6.45) is 4.54. The van der Waals surface area contributed by atoms with Crippen molar-refractivity contribution in [2.45, 2.75) is 58.3 Å². The molecule has 1 fully saturated rings. The van der Waals surface area contributed by atoms with Gasteiger partial charge in [0.05, 0.1) is 29.8 Å². The Morgan fingerprint density at radius 1 is 1.29 bits per heavy atom. The molecular formula is C26H29FN4O3. The molecule has 1 aromatic carbocycles. The predicted molar refractivity (Wildman–Crippen MR) is 128 cm³/mol. The molecule has 178 valence electrons. The summed E-state index contributed by atoms with van der Waals surface area (Å²) >= 11 is 0. The fourth-order valence-corrected chi connectivity index (χ4v) is 5.40. The normalized spacial score (nSPS) is 20.9. The molecule has 0 radical (unpaired) electrons. The van der Waals surface area contributed by atoms with Crippen LogP contribution in [0, 0.1) is 11.2 Å². The van der Waals surface area contributed by atoms with Crippen LogP contribution in [0.2, 0.25) is 0 Å². The van der Waals surface area contributed by atoms with E-state index in [1.165, 1.54) is 13.2 Å². The number of rotatable bonds is 5. The summed E-state index contributed by atoms with van der Waals surface area (Å²) in [7, 11) is 1.46. The number of methoxy groups -OCH3 is 1. The Labute approximate surface area is 196 Å². The second-order valence-electron chi connectivity index (χ2n) is 9.91. The first-order valence-electron chi connectivity index (χ1n) is 11.7. The number of ether oxygens (including phenoxy) is 1. The van der Waals surface area contributed by atoms with Crippen LogP contribution in [-0.4, -0.2) is 37.9 Å². The van der Waals surface area contributed by atoms with Gasteiger partial charge in [-0.3, -0.25) is 9.89 Å². The monoisotopic (exact) mass is 464 g/mol. The molecule has 2 N–H and O–H groups in total. The average Bonchev–Trinajstić information content (AvgIpc) is 3.40. The van der Waals surface area contributed by atoms with Gasteiger partial charge in [-0.2, -0.15) is 5.10 Å². The molecule has 0 atom stereocenters. The molecule has 1 saturated carbocycles. The standard InChI is InChI=1S/C26H29FN4O3/c1-14(2)23-21(15-7-9-26(3,10-8-15)25(32)33)22-19(11-16-13-28-30-24(16)29-22)31(23)17-5-6-18(27)20(12-17)34-4/h5-6,11-15H,7-10H2,1-4H3,(H,32,33)(H,28,29,30)/t15-,26-. The van der Waals surface area contributed by atoms with Crippen LogP contribution in [0.3, 0.4) is 0 Å². The number of hydrogen-bond acceptors (Lipinski definition) is 4. The van der Waals surface area contributed by atoms with Crippen LogP contribution in [0.5, 0.6) is 5.75 Å². The van der Waals surface area contributed by atoms with Crippen LogP contribution < -0.4 is 4.74 Å². The second kappa shape index (κ2) is 8.11. The van der Waals surface area contributed by atoms with E-state index < -0.39 is 17.2 Å². The van der Waals surface area contributed by atoms with Crippen molar-refractivity contribution in [1.82, 2.24) is 19.7 Å². The third-order valence-corrected chi connectivity index (χ3v) is 7.37. The molecule has 1 aliphatic carbocycles. The zero-order chi connectivity index (χ0) is 24.2. The third-order valence-electron chi connectivity index (χ3n) is 7.37. The van der Waals surface area contributed by atoms with Gasteiger partial charge in [0.25, 0.3) is 0 Å². The Balaban J connectivity index is 1.77. The lowest BCUT2D eigenvalue weighted by Crippen LogP contribution is -2.32. The summed E-state index contributed by atoms with van der Waals surface area (Å²) in [5, 5.41) is 17.7. The Morgan fingerprint density at radius 3 is 2.68 bits per heavy atom. The van der Waals surface area contributed by atoms with Crippen LogP contribution in [0.1, 0.15) is 69.5 Å². The number of nitrogens with zero attached hydrogens (tertiary/aromatic N) is 3. The third kappa shape index (κ3) is 3.43. The van der Waals surface area contributed by atoms with E-state index in [4.69, 9.17) is 9.72 Å². The lowest BCUT2D eigenvalue weighted by atomic mass is 9.69. The number of hydrogen-bond donors (Lipinski definition) is 2. The van der Waals surface area contributed by atoms with Gasteiger partial charge >= 0.3 is 5.97 Å². The van der Waals surface area contributed by atoms with E-state index >= 15 is 0 Å². The highest BCUT2D eigenvalue weighted by molar-refractivity contribution is 5.93. The molecule has 5 rings (SSSR count). The maximum absolute atomic E-state index is 14.3. The van der Waals surface area contributed by atoms with Gasteiger partial charge in [-0.15, -0.1) is 0 Å². The Morgan fingerprint density at radius 2 is 2.03 bits per heavy atom. The number of halogens is 1. The highest BCUT2D eigenvalue weighted by atomic mass is 19.1. The zero-order valence-electron chi connectivity index (χ0n) is 19.9. The maximum Gasteiger partial charge on any atom is 0.309 e. The number of carboxylic acids is 1. The summed E-state index contributed by atoms with van der Waals surface area (Å²) < 4.78 is 21.7. The lowest BCUT2D eigenvalue weighted by Gasteiger charge is -2.34. The number of aromatic amines is 1. The largest absolute Gasteiger partial charge is 0.494 e. The number of pyridine rings is 1. The van der Waals surface area contributed by atoms with Crippen molar-refractivity contribution >= 4 is 28.0 Å². The summed E-state index contributed by atoms with van der Waals surface area (Å²) in [6, 6.07) is 6.96. The van der Waals surface area contributed by atoms with Crippen molar-refractivity contribution in [2.75, 3.05) is 7.11 Å². The molecule has 0 bridgehead atoms. The minimum absolute atomic E-state index is 0.157. The second-order valence-corrected chi connectivity index (χ2v) is 9.91. The number of H-pyrrole nitrogens is 1. The van der Waals surface area contributed by atoms with Crippen molar-refractivity contribution in [3.05, 3.63) is 47.5 Å². The highest BCUT2D eigenvalue weighted by Crippen LogP contribution is 2.48. The van der Waals surface area contributed by atoms with Crippen LogP contribution in [0.15, 0.2) is 30.5 Å². The molecule has 0 spiro atoms. The minimum atomic E-state index is -0.729. The van der Waals surface area contributed by atoms with Gasteiger partial charge in [0.1, 0.15) is 0 Å². The number of carboxylic acid groups (broad SMARTS) is 1. The first kappa shape index (κ1) is 22.4. The molecule has 1 aliphatic rings. The van der Waals surface area contributed by atoms with Gasteiger partial charge < -0.3 is 14.4 Å². The van der Waals surface area contributed by atoms with Crippen molar-refractivity contribution in [1.29, 1.82) is 0 Å². The van der Waals surface area contributed by atoms with E-state index in [1.807, 2.05) is 6.92 Å². The van der Waals surface area contributed by atoms with Crippen molar-refractivity contribution < 1.29 is 19.0 Å². The van der Waals surface area contributed by atoms with Gasteiger partial charge in [-0.05, 0) is 62.6 Å². The van der Waals surface area contributed by atoms with E-state index in [0.29, 0.717) is 18.5 Å². The lowest BCUT2D eigenvalue weighted by molar-refractivity contribution is -0.149. The van der Waals surface area contributed by atoms with Crippen LogP contribution >= 0.6 is 0 Å². The number of nitrogens with one attached hydrogen (secondary N) is 1. The van der Waals surface area contributed by atoms with Gasteiger partial charge in [0.15, 0.2) is 17.2 Å². The minimum Gasteiger partial charge on any atom is -0.494 e. The molecule has 0 unspecified atom stereocenters. The summed E-state index contributed by atoms with van der Waals surface area (Å²) in [5.41, 5.74) is 4.89. The van der Waals surface area contributed by atoms with Gasteiger partial charge in [-0.1, -0.05) is 13.8 Å². The average molecular weight is 465 g/mol. The number of aromatic nitrogens is 4. The van der Waals surface area contributed by atoms with Gasteiger partial charge in [-0.25, -0.2) is 9.37 Å². The van der Waals surface area contributed by atoms with E-state index in [0.717, 1.165) is 46.2 Å². The first-order valence-corrected chi connectivity index (χ1v) is 11.7. The van der Waals surface area contributed by atoms with Crippen LogP contribution in [0.25, 0.3) is 27.8 Å².